The maximum atomic E-state index is 13.4. The van der Waals surface area contributed by atoms with E-state index in [1.165, 1.54) is 39.1 Å². The summed E-state index contributed by atoms with van der Waals surface area (Å²) in [6.07, 6.45) is 5.04. The number of benzene rings is 2. The standard InChI is InChI=1S/C22H24N2O6S3/c1-22(33(27,28)23-2)12-11-18-16(13-22)20-19(10-9-17(30-4)21(20)31-18)32(25,26)24-14-5-7-15(29-3)8-6-14/h5-13,18,23-24H,1-4H3. The van der Waals surface area contributed by atoms with Gasteiger partial charge in [-0.15, -0.1) is 11.8 Å². The smallest absolute Gasteiger partial charge is 0.262 e. The molecule has 2 unspecified atom stereocenters. The number of rotatable bonds is 7. The Morgan fingerprint density at radius 2 is 1.70 bits per heavy atom. The maximum Gasteiger partial charge on any atom is 0.262 e. The van der Waals surface area contributed by atoms with Gasteiger partial charge in [-0.1, -0.05) is 18.2 Å². The van der Waals surface area contributed by atoms with Gasteiger partial charge in [0, 0.05) is 11.3 Å². The van der Waals surface area contributed by atoms with Gasteiger partial charge in [0.05, 0.1) is 29.3 Å². The van der Waals surface area contributed by atoms with Crippen molar-refractivity contribution in [1.29, 1.82) is 0 Å². The minimum Gasteiger partial charge on any atom is -0.497 e. The average Bonchev–Trinajstić information content (AvgIpc) is 3.17. The van der Waals surface area contributed by atoms with Crippen molar-refractivity contribution in [1.82, 2.24) is 4.72 Å². The summed E-state index contributed by atoms with van der Waals surface area (Å²) in [5.41, 5.74) is 1.45. The van der Waals surface area contributed by atoms with Gasteiger partial charge < -0.3 is 9.47 Å². The third kappa shape index (κ3) is 4.03. The van der Waals surface area contributed by atoms with Crippen LogP contribution in [0.1, 0.15) is 12.5 Å². The molecule has 0 bridgehead atoms. The topological polar surface area (TPSA) is 111 Å². The van der Waals surface area contributed by atoms with Gasteiger partial charge in [-0.2, -0.15) is 0 Å². The normalized spacial score (nSPS) is 21.7. The van der Waals surface area contributed by atoms with Crippen LogP contribution < -0.4 is 18.9 Å². The number of hydrogen-bond donors (Lipinski definition) is 2. The zero-order chi connectivity index (χ0) is 24.0. The molecule has 0 radical (unpaired) electrons. The summed E-state index contributed by atoms with van der Waals surface area (Å²) in [7, 11) is -3.31. The lowest BCUT2D eigenvalue weighted by Crippen LogP contribution is -2.41. The molecule has 176 valence electrons. The summed E-state index contributed by atoms with van der Waals surface area (Å²) in [6.45, 7) is 1.57. The van der Waals surface area contributed by atoms with E-state index in [2.05, 4.69) is 9.44 Å². The molecule has 0 aromatic heterocycles. The highest BCUT2D eigenvalue weighted by Crippen LogP contribution is 2.54. The molecule has 11 heteroatoms. The van der Waals surface area contributed by atoms with Crippen molar-refractivity contribution in [3.05, 3.63) is 60.2 Å². The Bertz CT molecular complexity index is 1370. The predicted octanol–water partition coefficient (Wildman–Crippen LogP) is 3.24. The molecule has 2 aliphatic rings. The van der Waals surface area contributed by atoms with Gasteiger partial charge in [0.1, 0.15) is 16.2 Å². The van der Waals surface area contributed by atoms with Gasteiger partial charge in [0.25, 0.3) is 10.0 Å². The molecule has 0 fully saturated rings. The molecule has 0 saturated heterocycles. The molecular formula is C22H24N2O6S3. The van der Waals surface area contributed by atoms with Crippen molar-refractivity contribution in [2.45, 2.75) is 26.7 Å². The van der Waals surface area contributed by atoms with Crippen molar-refractivity contribution in [3.63, 3.8) is 0 Å². The van der Waals surface area contributed by atoms with Gasteiger partial charge in [-0.3, -0.25) is 4.72 Å². The third-order valence-electron chi connectivity index (χ3n) is 5.67. The Morgan fingerprint density at radius 1 is 1.00 bits per heavy atom. The van der Waals surface area contributed by atoms with Gasteiger partial charge in [-0.05, 0) is 55.9 Å². The maximum absolute atomic E-state index is 13.4. The minimum atomic E-state index is -4.00. The molecule has 0 saturated carbocycles. The lowest BCUT2D eigenvalue weighted by molar-refractivity contribution is 0.404. The minimum absolute atomic E-state index is 0.0508. The average molecular weight is 509 g/mol. The van der Waals surface area contributed by atoms with Crippen LogP contribution in [0.5, 0.6) is 11.5 Å². The number of methoxy groups -OCH3 is 2. The lowest BCUT2D eigenvalue weighted by atomic mass is 9.92. The van der Waals surface area contributed by atoms with E-state index in [0.29, 0.717) is 33.2 Å². The van der Waals surface area contributed by atoms with Crippen LogP contribution in [0, 0.1) is 0 Å². The zero-order valence-corrected chi connectivity index (χ0v) is 20.9. The summed E-state index contributed by atoms with van der Waals surface area (Å²) in [5.74, 6) is 1.13. The van der Waals surface area contributed by atoms with Crippen LogP contribution >= 0.6 is 11.8 Å². The number of ether oxygens (including phenoxy) is 2. The van der Waals surface area contributed by atoms with Crippen molar-refractivity contribution in [2.24, 2.45) is 0 Å². The number of fused-ring (bicyclic) bond motifs is 3. The number of hydrogen-bond acceptors (Lipinski definition) is 7. The number of thioether (sulfide) groups is 1. The van der Waals surface area contributed by atoms with Crippen molar-refractivity contribution >= 4 is 43.1 Å². The fourth-order valence-corrected chi connectivity index (χ4v) is 7.52. The Kier molecular flexibility index (Phi) is 6.02. The Hall–Kier alpha value is -2.47. The van der Waals surface area contributed by atoms with Crippen LogP contribution in [0.3, 0.4) is 0 Å². The van der Waals surface area contributed by atoms with E-state index in [1.54, 1.807) is 55.5 Å². The summed E-state index contributed by atoms with van der Waals surface area (Å²) in [4.78, 5) is 0.706. The first-order valence-corrected chi connectivity index (χ1v) is 13.8. The van der Waals surface area contributed by atoms with E-state index in [4.69, 9.17) is 9.47 Å². The van der Waals surface area contributed by atoms with Crippen molar-refractivity contribution in [3.8, 4) is 11.5 Å². The van der Waals surface area contributed by atoms with Crippen LogP contribution in [0.15, 0.2) is 64.4 Å². The molecule has 2 N–H and O–H groups in total. The fraction of sp³-hybridized carbons (Fsp3) is 0.273. The van der Waals surface area contributed by atoms with E-state index in [9.17, 15) is 16.8 Å². The third-order valence-corrected chi connectivity index (χ3v) is 10.3. The van der Waals surface area contributed by atoms with Gasteiger partial charge in [0.15, 0.2) is 0 Å². The first-order valence-electron chi connectivity index (χ1n) is 9.95. The zero-order valence-electron chi connectivity index (χ0n) is 18.4. The monoisotopic (exact) mass is 508 g/mol. The first kappa shape index (κ1) is 23.7. The van der Waals surface area contributed by atoms with Gasteiger partial charge in [-0.25, -0.2) is 21.6 Å². The second kappa shape index (κ2) is 8.39. The molecular weight excluding hydrogens is 484 g/mol. The van der Waals surface area contributed by atoms with Crippen LogP contribution in [-0.4, -0.2) is 48.1 Å². The Balaban J connectivity index is 1.85. The summed E-state index contributed by atoms with van der Waals surface area (Å²) in [6, 6.07) is 9.62. The van der Waals surface area contributed by atoms with Crippen molar-refractivity contribution in [2.75, 3.05) is 26.0 Å². The molecule has 0 spiro atoms. The van der Waals surface area contributed by atoms with Crippen LogP contribution in [-0.2, 0) is 20.0 Å². The molecule has 1 aliphatic heterocycles. The molecule has 0 amide bonds. The lowest BCUT2D eigenvalue weighted by Gasteiger charge is -2.27. The van der Waals surface area contributed by atoms with E-state index in [1.807, 2.05) is 0 Å². The van der Waals surface area contributed by atoms with Crippen LogP contribution in [0.4, 0.5) is 5.69 Å². The number of sulfonamides is 2. The van der Waals surface area contributed by atoms with Crippen LogP contribution in [0.2, 0.25) is 0 Å². The van der Waals surface area contributed by atoms with E-state index in [-0.39, 0.29) is 10.1 Å². The molecule has 33 heavy (non-hydrogen) atoms. The first-order chi connectivity index (χ1) is 15.5. The molecule has 2 atom stereocenters. The largest absolute Gasteiger partial charge is 0.497 e. The number of anilines is 1. The Labute approximate surface area is 198 Å². The van der Waals surface area contributed by atoms with Crippen molar-refractivity contribution < 1.29 is 26.3 Å². The van der Waals surface area contributed by atoms with E-state index < -0.39 is 24.8 Å². The Morgan fingerprint density at radius 3 is 2.30 bits per heavy atom. The SMILES string of the molecule is CNS(=O)(=O)C1(C)C=CC2Sc3c(OC)ccc(S(=O)(=O)Nc4ccc(OC)cc4)c3C2=C1. The van der Waals surface area contributed by atoms with E-state index in [0.717, 1.165) is 0 Å². The molecule has 8 nitrogen and oxygen atoms in total. The van der Waals surface area contributed by atoms with Gasteiger partial charge >= 0.3 is 0 Å². The summed E-state index contributed by atoms with van der Waals surface area (Å²) >= 11 is 1.43. The second-order valence-electron chi connectivity index (χ2n) is 7.69. The summed E-state index contributed by atoms with van der Waals surface area (Å²) in [5, 5.41) is -0.230. The molecule has 4 rings (SSSR count). The van der Waals surface area contributed by atoms with Gasteiger partial charge in [0.2, 0.25) is 10.0 Å². The predicted molar refractivity (Wildman–Crippen MR) is 130 cm³/mol. The van der Waals surface area contributed by atoms with E-state index >= 15 is 0 Å². The summed E-state index contributed by atoms with van der Waals surface area (Å²) < 4.78 is 66.5. The fourth-order valence-electron chi connectivity index (χ4n) is 3.84. The quantitative estimate of drug-likeness (QED) is 0.553. The molecule has 2 aromatic rings. The van der Waals surface area contributed by atoms with Crippen LogP contribution in [0.25, 0.3) is 5.57 Å². The number of nitrogens with one attached hydrogen (secondary N) is 2. The molecule has 1 aliphatic carbocycles. The molecule has 2 aromatic carbocycles. The molecule has 1 heterocycles. The highest BCUT2D eigenvalue weighted by molar-refractivity contribution is 8.01. The highest BCUT2D eigenvalue weighted by Gasteiger charge is 2.43. The second-order valence-corrected chi connectivity index (χ2v) is 12.8. The highest BCUT2D eigenvalue weighted by atomic mass is 32.2.